The molecule has 3 atom stereocenters. The Balaban J connectivity index is 1.96. The zero-order valence-corrected chi connectivity index (χ0v) is 16.4. The number of rotatable bonds is 3. The number of nitrogens with zero attached hydrogens (tertiary/aromatic N) is 1. The van der Waals surface area contributed by atoms with Crippen molar-refractivity contribution < 1.29 is 18.7 Å². The van der Waals surface area contributed by atoms with E-state index in [1.54, 1.807) is 30.0 Å². The third kappa shape index (κ3) is 3.34. The average Bonchev–Trinajstić information content (AvgIpc) is 3.00. The van der Waals surface area contributed by atoms with Crippen molar-refractivity contribution in [2.75, 3.05) is 20.3 Å². The summed E-state index contributed by atoms with van der Waals surface area (Å²) < 4.78 is 18.9. The topological polar surface area (TPSA) is 54.0 Å². The van der Waals surface area contributed by atoms with Crippen LogP contribution in [0.3, 0.4) is 0 Å². The summed E-state index contributed by atoms with van der Waals surface area (Å²) in [6.07, 6.45) is 0.889. The highest BCUT2D eigenvalue weighted by Gasteiger charge is 2.56. The van der Waals surface area contributed by atoms with E-state index in [4.69, 9.17) is 37.0 Å². The number of ether oxygens (including phenoxy) is 1. The van der Waals surface area contributed by atoms with Crippen molar-refractivity contribution in [2.45, 2.75) is 39.0 Å². The van der Waals surface area contributed by atoms with Gasteiger partial charge in [-0.3, -0.25) is 0 Å². The van der Waals surface area contributed by atoms with Crippen LogP contribution in [0.25, 0.3) is 0 Å². The molecule has 2 unspecified atom stereocenters. The van der Waals surface area contributed by atoms with Crippen molar-refractivity contribution >= 4 is 31.3 Å². The van der Waals surface area contributed by atoms with Crippen LogP contribution in [0.4, 0.5) is 0 Å². The Labute approximate surface area is 153 Å². The molecule has 2 aliphatic heterocycles. The van der Waals surface area contributed by atoms with E-state index in [1.165, 1.54) is 0 Å². The van der Waals surface area contributed by atoms with Crippen LogP contribution in [-0.4, -0.2) is 31.2 Å². The van der Waals surface area contributed by atoms with Crippen LogP contribution in [0.1, 0.15) is 38.4 Å². The summed E-state index contributed by atoms with van der Waals surface area (Å²) in [6, 6.07) is 5.30. The van der Waals surface area contributed by atoms with Gasteiger partial charge in [-0.1, -0.05) is 43.1 Å². The molecule has 2 saturated heterocycles. The monoisotopic (exact) mass is 393 g/mol. The second-order valence-electron chi connectivity index (χ2n) is 6.85. The maximum absolute atomic E-state index is 13.4. The lowest BCUT2D eigenvalue weighted by molar-refractivity contribution is -0.265. The Morgan fingerprint density at radius 2 is 2.00 bits per heavy atom. The van der Waals surface area contributed by atoms with Crippen molar-refractivity contribution in [3.05, 3.63) is 33.8 Å². The molecule has 24 heavy (non-hydrogen) atoms. The lowest BCUT2D eigenvalue weighted by atomic mass is 9.83. The summed E-state index contributed by atoms with van der Waals surface area (Å²) in [5.41, 5.74) is 0.229. The van der Waals surface area contributed by atoms with E-state index in [1.807, 2.05) is 13.8 Å². The van der Waals surface area contributed by atoms with Gasteiger partial charge in [0.2, 0.25) is 0 Å². The molecule has 0 aromatic heterocycles. The molecule has 2 fully saturated rings. The van der Waals surface area contributed by atoms with Gasteiger partial charge in [-0.15, -0.1) is 4.67 Å². The highest BCUT2D eigenvalue weighted by atomic mass is 35.5. The SMILES string of the molecule is COC1CCCN1[P+]1([O-])OCC(C)(C)[C@H](c2c(Cl)cccc2Cl)O1. The maximum Gasteiger partial charge on any atom is 0.318 e. The van der Waals surface area contributed by atoms with E-state index in [9.17, 15) is 4.89 Å². The van der Waals surface area contributed by atoms with Crippen LogP contribution in [0.5, 0.6) is 0 Å². The van der Waals surface area contributed by atoms with Gasteiger partial charge in [0, 0.05) is 34.7 Å². The number of methoxy groups -OCH3 is 1. The predicted octanol–water partition coefficient (Wildman–Crippen LogP) is 4.21. The van der Waals surface area contributed by atoms with Crippen molar-refractivity contribution in [1.29, 1.82) is 0 Å². The molecule has 2 heterocycles. The van der Waals surface area contributed by atoms with E-state index in [0.29, 0.717) is 22.2 Å². The number of halogens is 2. The summed E-state index contributed by atoms with van der Waals surface area (Å²) in [5, 5.41) is 0.998. The number of hydrogen-bond donors (Lipinski definition) is 0. The first-order valence-electron chi connectivity index (χ1n) is 7.95. The predicted molar refractivity (Wildman–Crippen MR) is 93.7 cm³/mol. The Kier molecular flexibility index (Phi) is 5.47. The zero-order valence-electron chi connectivity index (χ0n) is 14.0. The van der Waals surface area contributed by atoms with Gasteiger partial charge >= 0.3 is 8.09 Å². The Bertz CT molecular complexity index is 597. The van der Waals surface area contributed by atoms with Gasteiger partial charge < -0.3 is 9.63 Å². The van der Waals surface area contributed by atoms with Crippen molar-refractivity contribution in [2.24, 2.45) is 5.41 Å². The van der Waals surface area contributed by atoms with Gasteiger partial charge in [0.05, 0.1) is 0 Å². The molecule has 0 radical (unpaired) electrons. The fourth-order valence-electron chi connectivity index (χ4n) is 3.21. The molecule has 0 N–H and O–H groups in total. The summed E-state index contributed by atoms with van der Waals surface area (Å²) in [7, 11) is -1.88. The zero-order chi connectivity index (χ0) is 17.5. The average molecular weight is 394 g/mol. The summed E-state index contributed by atoms with van der Waals surface area (Å²) in [6.45, 7) is 4.86. The normalized spacial score (nSPS) is 33.8. The first-order chi connectivity index (χ1) is 11.3. The van der Waals surface area contributed by atoms with Crippen LogP contribution in [-0.2, 0) is 13.8 Å². The van der Waals surface area contributed by atoms with Gasteiger partial charge in [0.15, 0.2) is 0 Å². The van der Waals surface area contributed by atoms with Gasteiger partial charge in [-0.25, -0.2) is 0 Å². The van der Waals surface area contributed by atoms with Gasteiger partial charge in [0.25, 0.3) is 0 Å². The highest BCUT2D eigenvalue weighted by molar-refractivity contribution is 7.56. The standard InChI is InChI=1S/C16H22Cl2NO4P/c1-16(2)10-22-24(20,19-9-5-8-13(19)21-3)23-15(16)14-11(17)6-4-7-12(14)18/h4,6-7,13,15H,5,8-10H2,1-3H3/t13?,15-,24?/m0/s1. The first kappa shape index (κ1) is 18.8. The molecular formula is C16H22Cl2NO4P. The van der Waals surface area contributed by atoms with Crippen LogP contribution in [0, 0.1) is 5.41 Å². The lowest BCUT2D eigenvalue weighted by Crippen LogP contribution is -2.46. The van der Waals surface area contributed by atoms with Crippen molar-refractivity contribution in [3.63, 3.8) is 0 Å². The molecule has 5 nitrogen and oxygen atoms in total. The minimum Gasteiger partial charge on any atom is -0.616 e. The molecule has 0 aliphatic carbocycles. The Morgan fingerprint density at radius 1 is 1.33 bits per heavy atom. The fraction of sp³-hybridized carbons (Fsp3) is 0.625. The first-order valence-corrected chi connectivity index (χ1v) is 10.2. The van der Waals surface area contributed by atoms with Crippen molar-refractivity contribution in [3.8, 4) is 0 Å². The summed E-state index contributed by atoms with van der Waals surface area (Å²) in [4.78, 5) is 13.4. The third-order valence-electron chi connectivity index (χ3n) is 4.57. The van der Waals surface area contributed by atoms with Crippen LogP contribution >= 0.6 is 31.3 Å². The van der Waals surface area contributed by atoms with Crippen molar-refractivity contribution in [1.82, 2.24) is 4.67 Å². The van der Waals surface area contributed by atoms with Gasteiger partial charge in [-0.05, 0) is 25.0 Å². The van der Waals surface area contributed by atoms with Crippen LogP contribution < -0.4 is 4.89 Å². The number of benzene rings is 1. The molecule has 3 rings (SSSR count). The third-order valence-corrected chi connectivity index (χ3v) is 7.25. The molecular weight excluding hydrogens is 372 g/mol. The van der Waals surface area contributed by atoms with E-state index < -0.39 is 19.6 Å². The smallest absolute Gasteiger partial charge is 0.318 e. The highest BCUT2D eigenvalue weighted by Crippen LogP contribution is 2.68. The molecule has 0 amide bonds. The molecule has 134 valence electrons. The second kappa shape index (κ2) is 6.98. The van der Waals surface area contributed by atoms with E-state index in [0.717, 1.165) is 12.8 Å². The Morgan fingerprint density at radius 3 is 2.62 bits per heavy atom. The number of hydrogen-bond acceptors (Lipinski definition) is 5. The quantitative estimate of drug-likeness (QED) is 0.719. The van der Waals surface area contributed by atoms with Crippen LogP contribution in [0.2, 0.25) is 10.0 Å². The van der Waals surface area contributed by atoms with E-state index in [-0.39, 0.29) is 12.8 Å². The van der Waals surface area contributed by atoms with E-state index in [2.05, 4.69) is 0 Å². The maximum atomic E-state index is 13.4. The summed E-state index contributed by atoms with van der Waals surface area (Å²) >= 11 is 12.7. The molecule has 2 aliphatic rings. The van der Waals surface area contributed by atoms with E-state index >= 15 is 0 Å². The van der Waals surface area contributed by atoms with Crippen LogP contribution in [0.15, 0.2) is 18.2 Å². The Hall–Kier alpha value is 0.0300. The second-order valence-corrected chi connectivity index (χ2v) is 9.58. The molecule has 1 aromatic carbocycles. The van der Waals surface area contributed by atoms with Gasteiger partial charge in [-0.2, -0.15) is 9.05 Å². The molecule has 0 spiro atoms. The minimum atomic E-state index is -3.48. The lowest BCUT2D eigenvalue weighted by Gasteiger charge is -2.47. The summed E-state index contributed by atoms with van der Waals surface area (Å²) in [5.74, 6) is 0. The molecule has 0 bridgehead atoms. The van der Waals surface area contributed by atoms with Gasteiger partial charge in [0.1, 0.15) is 18.9 Å². The minimum absolute atomic E-state index is 0.264. The largest absolute Gasteiger partial charge is 0.616 e. The fourth-order valence-corrected chi connectivity index (χ4v) is 6.20. The molecule has 8 heteroatoms. The molecule has 1 aromatic rings. The molecule has 0 saturated carbocycles.